The van der Waals surface area contributed by atoms with Crippen LogP contribution in [0.2, 0.25) is 0 Å². The third kappa shape index (κ3) is 4.47. The molecule has 0 saturated carbocycles. The van der Waals surface area contributed by atoms with Crippen molar-refractivity contribution in [1.29, 1.82) is 0 Å². The van der Waals surface area contributed by atoms with Crippen molar-refractivity contribution >= 4 is 5.95 Å². The Hall–Kier alpha value is -1.32. The van der Waals surface area contributed by atoms with Gasteiger partial charge in [-0.15, -0.1) is 0 Å². The van der Waals surface area contributed by atoms with Gasteiger partial charge in [0.25, 0.3) is 0 Å². The summed E-state index contributed by atoms with van der Waals surface area (Å²) in [7, 11) is 1.61. The van der Waals surface area contributed by atoms with Gasteiger partial charge in [0.2, 0.25) is 11.8 Å². The molecule has 0 saturated heterocycles. The fraction of sp³-hybridized carbons (Fsp3) is 0.667. The molecule has 0 aliphatic heterocycles. The zero-order valence-electron chi connectivity index (χ0n) is 10.5. The highest BCUT2D eigenvalue weighted by atomic mass is 16.5. The van der Waals surface area contributed by atoms with Gasteiger partial charge in [-0.05, 0) is 25.7 Å². The van der Waals surface area contributed by atoms with Crippen molar-refractivity contribution in [2.75, 3.05) is 12.4 Å². The maximum atomic E-state index is 5.04. The van der Waals surface area contributed by atoms with Crippen molar-refractivity contribution in [2.24, 2.45) is 5.92 Å². The van der Waals surface area contributed by atoms with Crippen molar-refractivity contribution in [1.82, 2.24) is 9.97 Å². The second kappa shape index (κ2) is 6.30. The van der Waals surface area contributed by atoms with E-state index in [1.54, 1.807) is 19.4 Å². The number of ether oxygens (including phenoxy) is 1. The van der Waals surface area contributed by atoms with Crippen LogP contribution in [-0.4, -0.2) is 23.1 Å². The van der Waals surface area contributed by atoms with E-state index < -0.39 is 0 Å². The molecule has 90 valence electrons. The summed E-state index contributed by atoms with van der Waals surface area (Å²) in [4.78, 5) is 8.37. The highest BCUT2D eigenvalue weighted by Gasteiger charge is 2.06. The first kappa shape index (κ1) is 12.7. The number of hydrogen-bond donors (Lipinski definition) is 1. The molecule has 0 aliphatic rings. The van der Waals surface area contributed by atoms with Crippen LogP contribution in [0.3, 0.4) is 0 Å². The Kier molecular flexibility index (Phi) is 5.02. The van der Waals surface area contributed by atoms with Gasteiger partial charge in [-0.1, -0.05) is 13.8 Å². The van der Waals surface area contributed by atoms with E-state index in [9.17, 15) is 0 Å². The molecule has 1 rings (SSSR count). The van der Waals surface area contributed by atoms with Gasteiger partial charge in [-0.2, -0.15) is 4.98 Å². The topological polar surface area (TPSA) is 47.0 Å². The molecule has 16 heavy (non-hydrogen) atoms. The lowest BCUT2D eigenvalue weighted by atomic mass is 10.0. The predicted octanol–water partition coefficient (Wildman–Crippen LogP) is 2.72. The molecule has 0 bridgehead atoms. The summed E-state index contributed by atoms with van der Waals surface area (Å²) >= 11 is 0. The molecule has 0 aliphatic carbocycles. The largest absolute Gasteiger partial charge is 0.481 e. The smallest absolute Gasteiger partial charge is 0.226 e. The molecule has 0 amide bonds. The van der Waals surface area contributed by atoms with Gasteiger partial charge in [0.15, 0.2) is 0 Å². The van der Waals surface area contributed by atoms with Gasteiger partial charge in [0, 0.05) is 18.3 Å². The first-order valence-electron chi connectivity index (χ1n) is 5.75. The third-order valence-electron chi connectivity index (χ3n) is 2.39. The van der Waals surface area contributed by atoms with E-state index >= 15 is 0 Å². The molecule has 1 aromatic rings. The maximum Gasteiger partial charge on any atom is 0.226 e. The van der Waals surface area contributed by atoms with Crippen LogP contribution in [0.25, 0.3) is 0 Å². The lowest BCUT2D eigenvalue weighted by molar-refractivity contribution is 0.397. The van der Waals surface area contributed by atoms with Crippen LogP contribution in [0, 0.1) is 5.92 Å². The molecule has 4 nitrogen and oxygen atoms in total. The van der Waals surface area contributed by atoms with Crippen molar-refractivity contribution < 1.29 is 4.74 Å². The van der Waals surface area contributed by atoms with Crippen molar-refractivity contribution in [3.63, 3.8) is 0 Å². The fourth-order valence-corrected chi connectivity index (χ4v) is 1.40. The number of aromatic nitrogens is 2. The molecule has 1 aromatic heterocycles. The predicted molar refractivity (Wildman–Crippen MR) is 65.7 cm³/mol. The number of nitrogens with zero attached hydrogens (tertiary/aromatic N) is 2. The summed E-state index contributed by atoms with van der Waals surface area (Å²) in [6.45, 7) is 6.61. The summed E-state index contributed by atoms with van der Waals surface area (Å²) in [6, 6.07) is 2.12. The van der Waals surface area contributed by atoms with Gasteiger partial charge in [0.05, 0.1) is 7.11 Å². The van der Waals surface area contributed by atoms with Crippen LogP contribution in [0.4, 0.5) is 5.95 Å². The van der Waals surface area contributed by atoms with Crippen LogP contribution in [0.5, 0.6) is 5.88 Å². The van der Waals surface area contributed by atoms with Crippen LogP contribution in [-0.2, 0) is 0 Å². The average molecular weight is 223 g/mol. The molecule has 0 spiro atoms. The first-order valence-corrected chi connectivity index (χ1v) is 5.75. The van der Waals surface area contributed by atoms with E-state index in [2.05, 4.69) is 36.1 Å². The molecule has 1 unspecified atom stereocenters. The van der Waals surface area contributed by atoms with Crippen LogP contribution < -0.4 is 10.1 Å². The van der Waals surface area contributed by atoms with Crippen molar-refractivity contribution in [3.8, 4) is 5.88 Å². The summed E-state index contributed by atoms with van der Waals surface area (Å²) in [5.74, 6) is 1.96. The van der Waals surface area contributed by atoms with Crippen molar-refractivity contribution in [2.45, 2.75) is 39.7 Å². The van der Waals surface area contributed by atoms with Crippen LogP contribution in [0.15, 0.2) is 12.3 Å². The second-order valence-corrected chi connectivity index (χ2v) is 4.44. The average Bonchev–Trinajstić information content (AvgIpc) is 2.26. The molecule has 4 heteroatoms. The van der Waals surface area contributed by atoms with Crippen molar-refractivity contribution in [3.05, 3.63) is 12.3 Å². The Morgan fingerprint density at radius 3 is 2.69 bits per heavy atom. The van der Waals surface area contributed by atoms with Gasteiger partial charge < -0.3 is 10.1 Å². The minimum atomic E-state index is 0.384. The molecular formula is C12H21N3O. The molecule has 1 N–H and O–H groups in total. The Labute approximate surface area is 97.5 Å². The first-order chi connectivity index (χ1) is 7.61. The summed E-state index contributed by atoms with van der Waals surface area (Å²) in [6.07, 6.45) is 4.03. The molecular weight excluding hydrogens is 202 g/mol. The number of anilines is 1. The standard InChI is InChI=1S/C12H21N3O/c1-9(2)5-6-10(3)14-12-13-8-7-11(15-12)16-4/h7-10H,5-6H2,1-4H3,(H,13,14,15). The van der Waals surface area contributed by atoms with E-state index in [0.29, 0.717) is 17.9 Å². The number of methoxy groups -OCH3 is 1. The van der Waals surface area contributed by atoms with E-state index in [4.69, 9.17) is 4.74 Å². The summed E-state index contributed by atoms with van der Waals surface area (Å²) in [5.41, 5.74) is 0. The monoisotopic (exact) mass is 223 g/mol. The Balaban J connectivity index is 2.45. The highest BCUT2D eigenvalue weighted by Crippen LogP contribution is 2.12. The summed E-state index contributed by atoms with van der Waals surface area (Å²) < 4.78 is 5.04. The fourth-order valence-electron chi connectivity index (χ4n) is 1.40. The van der Waals surface area contributed by atoms with E-state index in [1.165, 1.54) is 6.42 Å². The zero-order valence-corrected chi connectivity index (χ0v) is 10.5. The lowest BCUT2D eigenvalue weighted by Gasteiger charge is -2.14. The highest BCUT2D eigenvalue weighted by molar-refractivity contribution is 5.28. The third-order valence-corrected chi connectivity index (χ3v) is 2.39. The van der Waals surface area contributed by atoms with Gasteiger partial charge >= 0.3 is 0 Å². The minimum Gasteiger partial charge on any atom is -0.481 e. The zero-order chi connectivity index (χ0) is 12.0. The van der Waals surface area contributed by atoms with Gasteiger partial charge in [0.1, 0.15) is 0 Å². The minimum absolute atomic E-state index is 0.384. The molecule has 0 fully saturated rings. The van der Waals surface area contributed by atoms with Crippen LogP contribution in [0.1, 0.15) is 33.6 Å². The second-order valence-electron chi connectivity index (χ2n) is 4.44. The molecule has 0 aromatic carbocycles. The molecule has 1 atom stereocenters. The molecule has 1 heterocycles. The number of hydrogen-bond acceptors (Lipinski definition) is 4. The Morgan fingerprint density at radius 2 is 2.06 bits per heavy atom. The quantitative estimate of drug-likeness (QED) is 0.805. The number of nitrogens with one attached hydrogen (secondary N) is 1. The summed E-state index contributed by atoms with van der Waals surface area (Å²) in [5, 5.41) is 3.27. The SMILES string of the molecule is COc1ccnc(NC(C)CCC(C)C)n1. The Bertz CT molecular complexity index is 315. The van der Waals surface area contributed by atoms with Gasteiger partial charge in [-0.3, -0.25) is 0 Å². The lowest BCUT2D eigenvalue weighted by Crippen LogP contribution is -2.17. The normalized spacial score (nSPS) is 12.6. The van der Waals surface area contributed by atoms with Gasteiger partial charge in [-0.25, -0.2) is 4.98 Å². The van der Waals surface area contributed by atoms with Crippen LogP contribution >= 0.6 is 0 Å². The Morgan fingerprint density at radius 1 is 1.31 bits per heavy atom. The number of rotatable bonds is 6. The molecule has 0 radical (unpaired) electrons. The van der Waals surface area contributed by atoms with E-state index in [1.807, 2.05) is 0 Å². The van der Waals surface area contributed by atoms with E-state index in [-0.39, 0.29) is 0 Å². The maximum absolute atomic E-state index is 5.04. The van der Waals surface area contributed by atoms with E-state index in [0.717, 1.165) is 12.3 Å².